The summed E-state index contributed by atoms with van der Waals surface area (Å²) in [6.07, 6.45) is 5.04. The van der Waals surface area contributed by atoms with Gasteiger partial charge in [0.05, 0.1) is 11.5 Å². The summed E-state index contributed by atoms with van der Waals surface area (Å²) < 4.78 is 32.3. The summed E-state index contributed by atoms with van der Waals surface area (Å²) >= 11 is 0. The maximum Gasteiger partial charge on any atom is 0.344 e. The molecule has 0 unspecified atom stereocenters. The van der Waals surface area contributed by atoms with E-state index in [1.807, 2.05) is 0 Å². The molecule has 1 saturated carbocycles. The number of nitro benzene ring substituents is 1. The van der Waals surface area contributed by atoms with Gasteiger partial charge in [0.25, 0.3) is 0 Å². The van der Waals surface area contributed by atoms with Crippen molar-refractivity contribution in [3.8, 4) is 0 Å². The average molecular weight is 299 g/mol. The maximum absolute atomic E-state index is 13.8. The highest BCUT2D eigenvalue weighted by atomic mass is 19.1. The Morgan fingerprint density at radius 3 is 2.57 bits per heavy atom. The Hall–Kier alpha value is -2.05. The third kappa shape index (κ3) is 3.53. The molecule has 21 heavy (non-hydrogen) atoms. The summed E-state index contributed by atoms with van der Waals surface area (Å²) in [4.78, 5) is 21.4. The van der Waals surface area contributed by atoms with Crippen molar-refractivity contribution in [2.75, 3.05) is 6.61 Å². The number of hydrogen-bond acceptors (Lipinski definition) is 4. The lowest BCUT2D eigenvalue weighted by Crippen LogP contribution is -2.18. The Bertz CT molecular complexity index is 556. The number of esters is 1. The molecular formula is C14H15F2NO4. The fourth-order valence-electron chi connectivity index (χ4n) is 2.49. The average Bonchev–Trinajstić information content (AvgIpc) is 2.46. The summed E-state index contributed by atoms with van der Waals surface area (Å²) in [7, 11) is 0. The molecule has 0 N–H and O–H groups in total. The predicted octanol–water partition coefficient (Wildman–Crippen LogP) is 3.61. The SMILES string of the molecule is O=C(OCC1CCCCC1)c1c(F)ccc([N+](=O)[O-])c1F. The lowest BCUT2D eigenvalue weighted by atomic mass is 9.90. The highest BCUT2D eigenvalue weighted by Crippen LogP contribution is 2.26. The van der Waals surface area contributed by atoms with Gasteiger partial charge in [-0.3, -0.25) is 10.1 Å². The molecule has 1 aliphatic rings. The molecule has 0 aliphatic heterocycles. The van der Waals surface area contributed by atoms with Crippen LogP contribution in [0.4, 0.5) is 14.5 Å². The van der Waals surface area contributed by atoms with Gasteiger partial charge in [0, 0.05) is 6.07 Å². The third-order valence-electron chi connectivity index (χ3n) is 3.65. The number of hydrogen-bond donors (Lipinski definition) is 0. The molecule has 5 nitrogen and oxygen atoms in total. The first kappa shape index (κ1) is 15.3. The minimum Gasteiger partial charge on any atom is -0.462 e. The molecule has 1 fully saturated rings. The zero-order valence-electron chi connectivity index (χ0n) is 11.3. The number of benzene rings is 1. The van der Waals surface area contributed by atoms with Crippen LogP contribution in [0.2, 0.25) is 0 Å². The van der Waals surface area contributed by atoms with Gasteiger partial charge in [-0.15, -0.1) is 0 Å². The van der Waals surface area contributed by atoms with E-state index in [0.717, 1.165) is 32.1 Å². The first-order valence-electron chi connectivity index (χ1n) is 6.80. The highest BCUT2D eigenvalue weighted by molar-refractivity contribution is 5.90. The number of ether oxygens (including phenoxy) is 1. The topological polar surface area (TPSA) is 69.4 Å². The smallest absolute Gasteiger partial charge is 0.344 e. The van der Waals surface area contributed by atoms with Crippen molar-refractivity contribution in [2.45, 2.75) is 32.1 Å². The number of nitro groups is 1. The van der Waals surface area contributed by atoms with E-state index in [1.165, 1.54) is 0 Å². The summed E-state index contributed by atoms with van der Waals surface area (Å²) in [5.74, 6) is -3.66. The summed E-state index contributed by atoms with van der Waals surface area (Å²) in [6.45, 7) is 0.0837. The molecule has 0 amide bonds. The standard InChI is InChI=1S/C14H15F2NO4/c15-10-6-7-11(17(19)20)13(16)12(10)14(18)21-8-9-4-2-1-3-5-9/h6-7,9H,1-5,8H2. The largest absolute Gasteiger partial charge is 0.462 e. The Kier molecular flexibility index (Phi) is 4.82. The van der Waals surface area contributed by atoms with Gasteiger partial charge < -0.3 is 4.74 Å². The van der Waals surface area contributed by atoms with E-state index >= 15 is 0 Å². The van der Waals surface area contributed by atoms with Crippen molar-refractivity contribution in [1.29, 1.82) is 0 Å². The Labute approximate surface area is 120 Å². The Balaban J connectivity index is 2.11. The number of nitrogens with zero attached hydrogens (tertiary/aromatic N) is 1. The zero-order chi connectivity index (χ0) is 15.4. The molecule has 1 aromatic carbocycles. The van der Waals surface area contributed by atoms with Gasteiger partial charge in [0.1, 0.15) is 11.4 Å². The first-order chi connectivity index (χ1) is 10.0. The van der Waals surface area contributed by atoms with Gasteiger partial charge in [0.15, 0.2) is 0 Å². The van der Waals surface area contributed by atoms with Crippen molar-refractivity contribution < 1.29 is 23.2 Å². The fraction of sp³-hybridized carbons (Fsp3) is 0.500. The van der Waals surface area contributed by atoms with Gasteiger partial charge in [-0.1, -0.05) is 19.3 Å². The molecule has 0 atom stereocenters. The van der Waals surface area contributed by atoms with Crippen LogP contribution in [0.1, 0.15) is 42.5 Å². The molecule has 0 heterocycles. The van der Waals surface area contributed by atoms with E-state index in [4.69, 9.17) is 4.74 Å². The Morgan fingerprint density at radius 1 is 1.29 bits per heavy atom. The molecule has 0 aromatic heterocycles. The van der Waals surface area contributed by atoms with E-state index in [-0.39, 0.29) is 12.5 Å². The van der Waals surface area contributed by atoms with Crippen LogP contribution in [-0.2, 0) is 4.74 Å². The predicted molar refractivity (Wildman–Crippen MR) is 69.9 cm³/mol. The van der Waals surface area contributed by atoms with E-state index in [1.54, 1.807) is 0 Å². The van der Waals surface area contributed by atoms with Crippen LogP contribution in [0.3, 0.4) is 0 Å². The van der Waals surface area contributed by atoms with Crippen LogP contribution < -0.4 is 0 Å². The van der Waals surface area contributed by atoms with Crippen molar-refractivity contribution in [2.24, 2.45) is 5.92 Å². The maximum atomic E-state index is 13.8. The van der Waals surface area contributed by atoms with Gasteiger partial charge >= 0.3 is 11.7 Å². The molecular weight excluding hydrogens is 284 g/mol. The van der Waals surface area contributed by atoms with Crippen molar-refractivity contribution in [3.63, 3.8) is 0 Å². The normalized spacial score (nSPS) is 15.7. The van der Waals surface area contributed by atoms with Gasteiger partial charge in [-0.25, -0.2) is 9.18 Å². The molecule has 1 aromatic rings. The Morgan fingerprint density at radius 2 is 1.95 bits per heavy atom. The first-order valence-corrected chi connectivity index (χ1v) is 6.80. The lowest BCUT2D eigenvalue weighted by Gasteiger charge is -2.21. The molecule has 0 bridgehead atoms. The quantitative estimate of drug-likeness (QED) is 0.484. The summed E-state index contributed by atoms with van der Waals surface area (Å²) in [5.41, 5.74) is -1.94. The number of carbonyl (C=O) groups excluding carboxylic acids is 1. The van der Waals surface area contributed by atoms with Crippen LogP contribution in [0.5, 0.6) is 0 Å². The second kappa shape index (κ2) is 6.60. The molecule has 0 radical (unpaired) electrons. The molecule has 2 rings (SSSR count). The summed E-state index contributed by atoms with van der Waals surface area (Å²) in [6, 6.07) is 1.38. The van der Waals surface area contributed by atoms with Crippen molar-refractivity contribution >= 4 is 11.7 Å². The van der Waals surface area contributed by atoms with Crippen molar-refractivity contribution in [1.82, 2.24) is 0 Å². The highest BCUT2D eigenvalue weighted by Gasteiger charge is 2.28. The third-order valence-corrected chi connectivity index (χ3v) is 3.65. The number of halogens is 2. The molecule has 1 aliphatic carbocycles. The summed E-state index contributed by atoms with van der Waals surface area (Å²) in [5, 5.41) is 10.6. The van der Waals surface area contributed by atoms with E-state index in [2.05, 4.69) is 0 Å². The van der Waals surface area contributed by atoms with Crippen LogP contribution in [0.25, 0.3) is 0 Å². The molecule has 0 spiro atoms. The fourth-order valence-corrected chi connectivity index (χ4v) is 2.49. The van der Waals surface area contributed by atoms with Crippen LogP contribution in [0.15, 0.2) is 12.1 Å². The van der Waals surface area contributed by atoms with Crippen LogP contribution in [0, 0.1) is 27.7 Å². The van der Waals surface area contributed by atoms with Gasteiger partial charge in [-0.05, 0) is 24.8 Å². The number of carbonyl (C=O) groups is 1. The minimum absolute atomic E-state index is 0.0837. The molecule has 7 heteroatoms. The van der Waals surface area contributed by atoms with E-state index in [9.17, 15) is 23.7 Å². The zero-order valence-corrected chi connectivity index (χ0v) is 11.3. The lowest BCUT2D eigenvalue weighted by molar-refractivity contribution is -0.387. The van der Waals surface area contributed by atoms with E-state index < -0.39 is 33.8 Å². The van der Waals surface area contributed by atoms with Crippen LogP contribution >= 0.6 is 0 Å². The molecule has 0 saturated heterocycles. The molecule has 114 valence electrons. The van der Waals surface area contributed by atoms with E-state index in [0.29, 0.717) is 12.1 Å². The minimum atomic E-state index is -1.49. The van der Waals surface area contributed by atoms with Crippen LogP contribution in [-0.4, -0.2) is 17.5 Å². The second-order valence-corrected chi connectivity index (χ2v) is 5.12. The monoisotopic (exact) mass is 299 g/mol. The second-order valence-electron chi connectivity index (χ2n) is 5.12. The van der Waals surface area contributed by atoms with Gasteiger partial charge in [0.2, 0.25) is 5.82 Å². The number of rotatable bonds is 4. The van der Waals surface area contributed by atoms with Gasteiger partial charge in [-0.2, -0.15) is 4.39 Å². The van der Waals surface area contributed by atoms with Crippen molar-refractivity contribution in [3.05, 3.63) is 39.4 Å².